The molecule has 0 saturated carbocycles. The van der Waals surface area contributed by atoms with Gasteiger partial charge in [0.15, 0.2) is 11.3 Å². The smallest absolute Gasteiger partial charge is 0.265 e. The molecule has 0 spiro atoms. The molecule has 2 aromatic heterocycles. The van der Waals surface area contributed by atoms with Gasteiger partial charge in [-0.1, -0.05) is 29.8 Å². The second-order valence-corrected chi connectivity index (χ2v) is 7.61. The van der Waals surface area contributed by atoms with Crippen molar-refractivity contribution in [3.63, 3.8) is 0 Å². The number of nitrogens with one attached hydrogen (secondary N) is 1. The minimum absolute atomic E-state index is 0.0245. The Bertz CT molecular complexity index is 1170. The number of hydrogen-bond acceptors (Lipinski definition) is 6. The molecule has 1 N–H and O–H groups in total. The summed E-state index contributed by atoms with van der Waals surface area (Å²) >= 11 is 5.87. The second kappa shape index (κ2) is 6.43. The first-order valence-corrected chi connectivity index (χ1v) is 9.39. The van der Waals surface area contributed by atoms with Gasteiger partial charge in [0, 0.05) is 17.3 Å². The lowest BCUT2D eigenvalue weighted by Gasteiger charge is -2.05. The van der Waals surface area contributed by atoms with E-state index in [0.29, 0.717) is 17.1 Å². The van der Waals surface area contributed by atoms with Gasteiger partial charge >= 0.3 is 0 Å². The van der Waals surface area contributed by atoms with Crippen LogP contribution in [0.3, 0.4) is 0 Å². The Balaban J connectivity index is 1.56. The van der Waals surface area contributed by atoms with Crippen LogP contribution in [0.15, 0.2) is 64.3 Å². The first-order valence-electron chi connectivity index (χ1n) is 7.53. The van der Waals surface area contributed by atoms with E-state index in [1.165, 1.54) is 6.07 Å². The standard InChI is InChI=1S/C16H12ClN5O3S/c17-12-6-4-11(5-7-12)10-22-9-8-15(18-22)21-26(23,24)14-3-1-2-13-16(14)20-25-19-13/h1-9H,10H2,(H,18,21). The minimum Gasteiger partial charge on any atom is -0.266 e. The van der Waals surface area contributed by atoms with E-state index in [2.05, 4.69) is 24.8 Å². The molecule has 0 bridgehead atoms. The third-order valence-electron chi connectivity index (χ3n) is 3.68. The van der Waals surface area contributed by atoms with E-state index in [1.807, 2.05) is 12.1 Å². The number of halogens is 1. The highest BCUT2D eigenvalue weighted by atomic mass is 35.5. The average Bonchev–Trinajstić information content (AvgIpc) is 3.25. The van der Waals surface area contributed by atoms with Crippen molar-refractivity contribution in [1.29, 1.82) is 0 Å². The zero-order chi connectivity index (χ0) is 18.1. The van der Waals surface area contributed by atoms with E-state index in [-0.39, 0.29) is 16.2 Å². The SMILES string of the molecule is O=S(=O)(Nc1ccn(Cc2ccc(Cl)cc2)n1)c1cccc2nonc12. The molecule has 26 heavy (non-hydrogen) atoms. The van der Waals surface area contributed by atoms with Crippen LogP contribution in [0.4, 0.5) is 5.82 Å². The van der Waals surface area contributed by atoms with Crippen LogP contribution in [-0.2, 0) is 16.6 Å². The molecule has 0 aliphatic heterocycles. The maximum atomic E-state index is 12.6. The van der Waals surface area contributed by atoms with Crippen LogP contribution in [0.25, 0.3) is 11.0 Å². The van der Waals surface area contributed by atoms with Crippen LogP contribution in [0.1, 0.15) is 5.56 Å². The van der Waals surface area contributed by atoms with Gasteiger partial charge in [-0.3, -0.25) is 9.40 Å². The Labute approximate surface area is 153 Å². The molecule has 8 nitrogen and oxygen atoms in total. The molecule has 0 radical (unpaired) electrons. The van der Waals surface area contributed by atoms with Gasteiger partial charge in [-0.15, -0.1) is 0 Å². The Morgan fingerprint density at radius 1 is 1.08 bits per heavy atom. The lowest BCUT2D eigenvalue weighted by molar-refractivity contribution is 0.315. The maximum Gasteiger partial charge on any atom is 0.265 e. The molecule has 2 aromatic carbocycles. The molecular formula is C16H12ClN5O3S. The van der Waals surface area contributed by atoms with Crippen molar-refractivity contribution in [2.75, 3.05) is 4.72 Å². The molecule has 10 heteroatoms. The highest BCUT2D eigenvalue weighted by Gasteiger charge is 2.21. The van der Waals surface area contributed by atoms with Crippen LogP contribution >= 0.6 is 11.6 Å². The summed E-state index contributed by atoms with van der Waals surface area (Å²) in [5.74, 6) is 0.201. The van der Waals surface area contributed by atoms with E-state index in [4.69, 9.17) is 11.6 Å². The lowest BCUT2D eigenvalue weighted by atomic mass is 10.2. The molecule has 2 heterocycles. The Morgan fingerprint density at radius 3 is 2.69 bits per heavy atom. The monoisotopic (exact) mass is 389 g/mol. The average molecular weight is 390 g/mol. The van der Waals surface area contributed by atoms with E-state index in [9.17, 15) is 8.42 Å². The van der Waals surface area contributed by atoms with Crippen LogP contribution in [-0.4, -0.2) is 28.5 Å². The summed E-state index contributed by atoms with van der Waals surface area (Å²) in [6.45, 7) is 0.488. The van der Waals surface area contributed by atoms with Crippen LogP contribution in [0.5, 0.6) is 0 Å². The largest absolute Gasteiger partial charge is 0.266 e. The first kappa shape index (κ1) is 16.6. The fourth-order valence-corrected chi connectivity index (χ4v) is 3.75. The van der Waals surface area contributed by atoms with E-state index in [1.54, 1.807) is 41.2 Å². The summed E-state index contributed by atoms with van der Waals surface area (Å²) in [4.78, 5) is -0.0245. The molecule has 4 aromatic rings. The van der Waals surface area contributed by atoms with Crippen molar-refractivity contribution in [2.45, 2.75) is 11.4 Å². The van der Waals surface area contributed by atoms with Gasteiger partial charge in [0.1, 0.15) is 10.4 Å². The fourth-order valence-electron chi connectivity index (χ4n) is 2.47. The number of sulfonamides is 1. The summed E-state index contributed by atoms with van der Waals surface area (Å²) in [7, 11) is -3.88. The zero-order valence-corrected chi connectivity index (χ0v) is 14.8. The fraction of sp³-hybridized carbons (Fsp3) is 0.0625. The summed E-state index contributed by atoms with van der Waals surface area (Å²) in [6, 6.07) is 13.5. The highest BCUT2D eigenvalue weighted by Crippen LogP contribution is 2.22. The number of aromatic nitrogens is 4. The first-order chi connectivity index (χ1) is 12.5. The number of hydrogen-bond donors (Lipinski definition) is 1. The quantitative estimate of drug-likeness (QED) is 0.563. The van der Waals surface area contributed by atoms with Crippen molar-refractivity contribution in [1.82, 2.24) is 20.1 Å². The summed E-state index contributed by atoms with van der Waals surface area (Å²) < 4.78 is 33.9. The number of fused-ring (bicyclic) bond motifs is 1. The van der Waals surface area contributed by atoms with E-state index < -0.39 is 10.0 Å². The molecule has 0 aliphatic rings. The predicted molar refractivity (Wildman–Crippen MR) is 95.4 cm³/mol. The lowest BCUT2D eigenvalue weighted by Crippen LogP contribution is -2.14. The highest BCUT2D eigenvalue weighted by molar-refractivity contribution is 7.93. The third-order valence-corrected chi connectivity index (χ3v) is 5.31. The maximum absolute atomic E-state index is 12.6. The second-order valence-electron chi connectivity index (χ2n) is 5.52. The summed E-state index contributed by atoms with van der Waals surface area (Å²) in [5.41, 5.74) is 1.52. The molecule has 4 rings (SSSR count). The van der Waals surface area contributed by atoms with Crippen molar-refractivity contribution in [3.05, 3.63) is 65.3 Å². The van der Waals surface area contributed by atoms with Gasteiger partial charge in [-0.2, -0.15) is 5.10 Å². The molecule has 0 saturated heterocycles. The van der Waals surface area contributed by atoms with Gasteiger partial charge in [-0.25, -0.2) is 13.0 Å². The Kier molecular flexibility index (Phi) is 4.09. The van der Waals surface area contributed by atoms with Gasteiger partial charge < -0.3 is 0 Å². The van der Waals surface area contributed by atoms with Gasteiger partial charge in [-0.05, 0) is 40.1 Å². The number of benzene rings is 2. The number of anilines is 1. The molecular weight excluding hydrogens is 378 g/mol. The van der Waals surface area contributed by atoms with Crippen molar-refractivity contribution in [3.8, 4) is 0 Å². The molecule has 0 aliphatic carbocycles. The summed E-state index contributed by atoms with van der Waals surface area (Å²) in [6.07, 6.45) is 1.69. The number of nitrogens with zero attached hydrogens (tertiary/aromatic N) is 4. The third kappa shape index (κ3) is 3.26. The van der Waals surface area contributed by atoms with Gasteiger partial charge in [0.05, 0.1) is 6.54 Å². The minimum atomic E-state index is -3.88. The summed E-state index contributed by atoms with van der Waals surface area (Å²) in [5, 5.41) is 12.2. The molecule has 0 unspecified atom stereocenters. The Morgan fingerprint density at radius 2 is 1.88 bits per heavy atom. The van der Waals surface area contributed by atoms with Crippen molar-refractivity contribution >= 4 is 38.5 Å². The van der Waals surface area contributed by atoms with Crippen molar-refractivity contribution in [2.24, 2.45) is 0 Å². The molecule has 0 atom stereocenters. The molecule has 0 amide bonds. The van der Waals surface area contributed by atoms with Crippen molar-refractivity contribution < 1.29 is 13.0 Å². The van der Waals surface area contributed by atoms with Gasteiger partial charge in [0.2, 0.25) is 0 Å². The Hall–Kier alpha value is -2.91. The normalized spacial score (nSPS) is 11.7. The van der Waals surface area contributed by atoms with E-state index >= 15 is 0 Å². The molecule has 0 fully saturated rings. The van der Waals surface area contributed by atoms with Crippen LogP contribution < -0.4 is 4.72 Å². The number of rotatable bonds is 5. The molecule has 132 valence electrons. The van der Waals surface area contributed by atoms with Crippen LogP contribution in [0.2, 0.25) is 5.02 Å². The predicted octanol–water partition coefficient (Wildman–Crippen LogP) is 2.92. The zero-order valence-electron chi connectivity index (χ0n) is 13.2. The van der Waals surface area contributed by atoms with Gasteiger partial charge in [0.25, 0.3) is 10.0 Å². The van der Waals surface area contributed by atoms with Crippen LogP contribution in [0, 0.1) is 0 Å². The topological polar surface area (TPSA) is 103 Å². The van der Waals surface area contributed by atoms with E-state index in [0.717, 1.165) is 5.56 Å².